The zero-order valence-electron chi connectivity index (χ0n) is 35.0. The average Bonchev–Trinajstić information content (AvgIpc) is 3.30. The lowest BCUT2D eigenvalue weighted by Gasteiger charge is -2.31. The van der Waals surface area contributed by atoms with Gasteiger partial charge in [0.15, 0.2) is 0 Å². The predicted octanol–water partition coefficient (Wildman–Crippen LogP) is 14.8. The highest BCUT2D eigenvalue weighted by molar-refractivity contribution is 8.03. The van der Waals surface area contributed by atoms with Gasteiger partial charge >= 0.3 is 0 Å². The molecule has 8 aromatic carbocycles. The van der Waals surface area contributed by atoms with Crippen molar-refractivity contribution in [1.82, 2.24) is 0 Å². The summed E-state index contributed by atoms with van der Waals surface area (Å²) in [5, 5.41) is 5.48. The maximum atomic E-state index is 2.59. The molecule has 0 saturated heterocycles. The molecule has 2 heterocycles. The molecule has 0 N–H and O–H groups in total. The third kappa shape index (κ3) is 6.74. The Hall–Kier alpha value is -5.74. The minimum atomic E-state index is -0.123. The van der Waals surface area contributed by atoms with Crippen molar-refractivity contribution in [2.75, 3.05) is 0 Å². The zero-order valence-corrected chi connectivity index (χ0v) is 36.6. The molecule has 2 bridgehead atoms. The molecule has 3 heteroatoms. The summed E-state index contributed by atoms with van der Waals surface area (Å²) in [5.74, 6) is 0. The van der Waals surface area contributed by atoms with E-state index in [1.807, 2.05) is 23.5 Å². The molecule has 0 aromatic heterocycles. The molecule has 61 heavy (non-hydrogen) atoms. The number of hydrogen-bond acceptors (Lipinski definition) is 2. The van der Waals surface area contributed by atoms with Gasteiger partial charge in [-0.3, -0.25) is 0 Å². The van der Waals surface area contributed by atoms with Crippen LogP contribution in [0.1, 0.15) is 55.0 Å². The Bertz CT molecular complexity index is 3100. The Morgan fingerprint density at radius 2 is 1.23 bits per heavy atom. The quantitative estimate of drug-likeness (QED) is 0.159. The van der Waals surface area contributed by atoms with Crippen molar-refractivity contribution in [3.05, 3.63) is 215 Å². The summed E-state index contributed by atoms with van der Waals surface area (Å²) in [5.41, 5.74) is 16.2. The summed E-state index contributed by atoms with van der Waals surface area (Å²) >= 11 is 4.00. The summed E-state index contributed by atoms with van der Waals surface area (Å²) in [4.78, 5) is 4.21. The van der Waals surface area contributed by atoms with Gasteiger partial charge in [0.05, 0.1) is 0 Å². The molecule has 1 atom stereocenters. The largest absolute Gasteiger partial charge is 0.217 e. The molecule has 294 valence electrons. The lowest BCUT2D eigenvalue weighted by Crippen LogP contribution is -2.46. The first kappa shape index (κ1) is 38.2. The van der Waals surface area contributed by atoms with E-state index in [4.69, 9.17) is 0 Å². The smallest absolute Gasteiger partial charge is 0.119 e. The lowest BCUT2D eigenvalue weighted by molar-refractivity contribution is 0.639. The van der Waals surface area contributed by atoms with Gasteiger partial charge in [-0.25, -0.2) is 0 Å². The normalized spacial score (nSPS) is 17.8. The van der Waals surface area contributed by atoms with Gasteiger partial charge in [0.1, 0.15) is 0 Å². The highest BCUT2D eigenvalue weighted by Gasteiger charge is 2.34. The number of benzene rings is 8. The molecule has 0 spiro atoms. The van der Waals surface area contributed by atoms with E-state index in [1.54, 1.807) is 0 Å². The Balaban J connectivity index is 1.12. The van der Waals surface area contributed by atoms with Gasteiger partial charge in [-0.05, 0) is 126 Å². The topological polar surface area (TPSA) is 0 Å². The number of thioether (sulfide) groups is 2. The standard InChI is InChI=1S/C58H47BS2/c1-38-34-40(35-43-37-59(52-28-16-17-29-54(52)61-43)53-33-30-42(36-55(53)60-38)58(2,3)41-20-8-5-9-21-41)56-47-24-12-14-26-49(47)57(50-27-15-13-25-48(50)56)51-32-31-44(39-18-6-4-7-19-39)45-22-10-11-23-46(45)51/h4-12,14-24,26-36,38H,13,25,37H2,1-3H3/b40-34+,43-35+. The summed E-state index contributed by atoms with van der Waals surface area (Å²) in [6, 6.07) is 61.4. The molecule has 1 unspecified atom stereocenters. The van der Waals surface area contributed by atoms with Crippen molar-refractivity contribution in [1.29, 1.82) is 0 Å². The van der Waals surface area contributed by atoms with Crippen LogP contribution in [0.4, 0.5) is 0 Å². The van der Waals surface area contributed by atoms with Gasteiger partial charge in [0, 0.05) is 20.5 Å². The molecule has 8 aromatic rings. The van der Waals surface area contributed by atoms with E-state index >= 15 is 0 Å². The number of rotatable bonds is 5. The molecule has 0 nitrogen and oxygen atoms in total. The second kappa shape index (κ2) is 15.6. The van der Waals surface area contributed by atoms with Crippen LogP contribution in [-0.4, -0.2) is 12.0 Å². The van der Waals surface area contributed by atoms with Crippen LogP contribution >= 0.6 is 23.5 Å². The third-order valence-corrected chi connectivity index (χ3v) is 15.6. The summed E-state index contributed by atoms with van der Waals surface area (Å²) < 4.78 is 0. The van der Waals surface area contributed by atoms with Crippen molar-refractivity contribution in [2.45, 2.75) is 60.4 Å². The van der Waals surface area contributed by atoms with E-state index < -0.39 is 0 Å². The Morgan fingerprint density at radius 1 is 0.590 bits per heavy atom. The van der Waals surface area contributed by atoms with E-state index in [0.717, 1.165) is 19.2 Å². The number of fused-ring (bicyclic) bond motifs is 9. The monoisotopic (exact) mass is 818 g/mol. The highest BCUT2D eigenvalue weighted by Crippen LogP contribution is 2.48. The fourth-order valence-electron chi connectivity index (χ4n) is 10.3. The van der Waals surface area contributed by atoms with Gasteiger partial charge in [-0.15, -0.1) is 11.8 Å². The van der Waals surface area contributed by atoms with Crippen molar-refractivity contribution < 1.29 is 0 Å². The van der Waals surface area contributed by atoms with Crippen LogP contribution in [0.2, 0.25) is 6.32 Å². The van der Waals surface area contributed by atoms with Crippen LogP contribution in [0.15, 0.2) is 197 Å². The second-order valence-corrected chi connectivity index (χ2v) is 20.0. The first-order chi connectivity index (χ1) is 29.9. The van der Waals surface area contributed by atoms with E-state index in [1.165, 1.54) is 103 Å². The van der Waals surface area contributed by atoms with Gasteiger partial charge in [0.25, 0.3) is 0 Å². The third-order valence-electron chi connectivity index (χ3n) is 13.4. The second-order valence-electron chi connectivity index (χ2n) is 17.4. The first-order valence-corrected chi connectivity index (χ1v) is 23.5. The molecular weight excluding hydrogens is 772 g/mol. The van der Waals surface area contributed by atoms with E-state index in [0.29, 0.717) is 0 Å². The average molecular weight is 819 g/mol. The molecule has 0 saturated carbocycles. The van der Waals surface area contributed by atoms with Crippen molar-refractivity contribution in [3.63, 3.8) is 0 Å². The maximum absolute atomic E-state index is 2.59. The van der Waals surface area contributed by atoms with Crippen LogP contribution in [0.3, 0.4) is 0 Å². The molecule has 3 aliphatic rings. The van der Waals surface area contributed by atoms with Crippen LogP contribution in [0, 0.1) is 0 Å². The van der Waals surface area contributed by atoms with Crippen LogP contribution in [0.25, 0.3) is 55.4 Å². The first-order valence-electron chi connectivity index (χ1n) is 21.8. The fourth-order valence-corrected chi connectivity index (χ4v) is 12.7. The summed E-state index contributed by atoms with van der Waals surface area (Å²) in [6.45, 7) is 7.44. The minimum absolute atomic E-state index is 0.123. The molecule has 0 radical (unpaired) electrons. The number of allylic oxidation sites excluding steroid dienone is 4. The van der Waals surface area contributed by atoms with Crippen LogP contribution < -0.4 is 10.9 Å². The van der Waals surface area contributed by atoms with Crippen LogP contribution in [-0.2, 0) is 11.8 Å². The SMILES string of the molecule is CC1/C=C(c2c3c(c(-c4ccc(-c5ccccc5)c5ccccc45)c4ccccc24)C=CCC3)\C=C2/CB(c3ccccc3S2)c2ccc(C(C)(C)c3ccccc3)cc2S1. The van der Waals surface area contributed by atoms with Gasteiger partial charge < -0.3 is 0 Å². The Morgan fingerprint density at radius 3 is 2.02 bits per heavy atom. The van der Waals surface area contributed by atoms with Crippen molar-refractivity contribution in [3.8, 4) is 22.3 Å². The van der Waals surface area contributed by atoms with E-state index in [2.05, 4.69) is 209 Å². The minimum Gasteiger partial charge on any atom is -0.119 e. The van der Waals surface area contributed by atoms with Crippen molar-refractivity contribution >= 4 is 74.4 Å². The molecule has 0 fully saturated rings. The van der Waals surface area contributed by atoms with E-state index in [9.17, 15) is 0 Å². The highest BCUT2D eigenvalue weighted by atomic mass is 32.2. The molecule has 2 aliphatic heterocycles. The Labute approximate surface area is 369 Å². The van der Waals surface area contributed by atoms with Crippen molar-refractivity contribution in [2.24, 2.45) is 0 Å². The lowest BCUT2D eigenvalue weighted by atomic mass is 9.38. The van der Waals surface area contributed by atoms with Crippen LogP contribution in [0.5, 0.6) is 0 Å². The molecule has 1 aliphatic carbocycles. The predicted molar refractivity (Wildman–Crippen MR) is 268 cm³/mol. The van der Waals surface area contributed by atoms with Gasteiger partial charge in [-0.1, -0.05) is 206 Å². The molecule has 11 rings (SSSR count). The maximum Gasteiger partial charge on any atom is 0.217 e. The Kier molecular flexibility index (Phi) is 9.79. The number of hydrogen-bond donors (Lipinski definition) is 0. The van der Waals surface area contributed by atoms with Gasteiger partial charge in [0.2, 0.25) is 6.71 Å². The summed E-state index contributed by atoms with van der Waals surface area (Å²) in [6.07, 6.45) is 13.0. The molecule has 0 amide bonds. The van der Waals surface area contributed by atoms with E-state index in [-0.39, 0.29) is 17.4 Å². The van der Waals surface area contributed by atoms with Gasteiger partial charge in [-0.2, -0.15) is 0 Å². The molecular formula is C58H47BS2. The zero-order chi connectivity index (χ0) is 41.1. The summed E-state index contributed by atoms with van der Waals surface area (Å²) in [7, 11) is 0. The fraction of sp³-hybridized carbons (Fsp3) is 0.138.